The molecule has 2 fully saturated rings. The molecule has 43 heavy (non-hydrogen) atoms. The molecule has 0 bridgehead atoms. The van der Waals surface area contributed by atoms with Crippen LogP contribution in [-0.2, 0) is 32.0 Å². The van der Waals surface area contributed by atoms with Crippen LogP contribution < -0.4 is 10.6 Å². The van der Waals surface area contributed by atoms with Crippen LogP contribution in [0.3, 0.4) is 0 Å². The SMILES string of the molecule is COC(=O)[C@H](Cc1ccccc1)NC(=O)Nc1ccc([C@H]2O[C@@H](CN3CC[C@H](O)C3)C[C@@H](c3ccc(CO)cc3)O2)cc1. The Labute approximate surface area is 251 Å². The predicted octanol–water partition coefficient (Wildman–Crippen LogP) is 3.70. The number of aliphatic hydroxyl groups excluding tert-OH is 2. The van der Waals surface area contributed by atoms with E-state index in [0.29, 0.717) is 31.6 Å². The Morgan fingerprint density at radius 1 is 0.977 bits per heavy atom. The van der Waals surface area contributed by atoms with Crippen LogP contribution >= 0.6 is 0 Å². The Balaban J connectivity index is 1.24. The van der Waals surface area contributed by atoms with E-state index in [1.54, 1.807) is 12.1 Å². The van der Waals surface area contributed by atoms with Gasteiger partial charge < -0.3 is 35.1 Å². The van der Waals surface area contributed by atoms with Gasteiger partial charge in [-0.2, -0.15) is 0 Å². The lowest BCUT2D eigenvalue weighted by Gasteiger charge is -2.37. The highest BCUT2D eigenvalue weighted by molar-refractivity contribution is 5.92. The van der Waals surface area contributed by atoms with Crippen LogP contribution in [0.5, 0.6) is 0 Å². The highest BCUT2D eigenvalue weighted by atomic mass is 16.7. The van der Waals surface area contributed by atoms with Gasteiger partial charge in [0.05, 0.1) is 32.0 Å². The fourth-order valence-corrected chi connectivity index (χ4v) is 5.53. The van der Waals surface area contributed by atoms with E-state index in [4.69, 9.17) is 14.2 Å². The van der Waals surface area contributed by atoms with E-state index in [1.807, 2.05) is 66.7 Å². The molecule has 10 heteroatoms. The number of hydrogen-bond acceptors (Lipinski definition) is 8. The minimum absolute atomic E-state index is 0.0216. The number of likely N-dealkylation sites (tertiary alicyclic amines) is 1. The van der Waals surface area contributed by atoms with E-state index in [2.05, 4.69) is 15.5 Å². The van der Waals surface area contributed by atoms with Crippen molar-refractivity contribution in [1.82, 2.24) is 10.2 Å². The van der Waals surface area contributed by atoms with Gasteiger partial charge in [-0.05, 0) is 35.2 Å². The molecule has 2 amide bonds. The summed E-state index contributed by atoms with van der Waals surface area (Å²) in [6, 6.07) is 23.0. The Hall–Kier alpha value is -3.80. The molecular weight excluding hydrogens is 550 g/mol. The molecule has 10 nitrogen and oxygen atoms in total. The lowest BCUT2D eigenvalue weighted by Crippen LogP contribution is -2.45. The number of β-amino-alcohol motifs (C(OH)–C–C–N with tert-alkyl or cyclic N) is 1. The van der Waals surface area contributed by atoms with Gasteiger partial charge in [0.2, 0.25) is 0 Å². The molecule has 0 radical (unpaired) electrons. The molecule has 5 rings (SSSR count). The zero-order chi connectivity index (χ0) is 30.2. The summed E-state index contributed by atoms with van der Waals surface area (Å²) in [7, 11) is 1.29. The van der Waals surface area contributed by atoms with Gasteiger partial charge in [-0.1, -0.05) is 66.7 Å². The van der Waals surface area contributed by atoms with Crippen LogP contribution in [-0.4, -0.2) is 72.1 Å². The number of carbonyl (C=O) groups excluding carboxylic acids is 2. The van der Waals surface area contributed by atoms with Crippen molar-refractivity contribution >= 4 is 17.7 Å². The number of methoxy groups -OCH3 is 1. The van der Waals surface area contributed by atoms with Crippen molar-refractivity contribution < 1.29 is 34.0 Å². The summed E-state index contributed by atoms with van der Waals surface area (Å²) >= 11 is 0. The fourth-order valence-electron chi connectivity index (χ4n) is 5.53. The fraction of sp³-hybridized carbons (Fsp3) is 0.394. The van der Waals surface area contributed by atoms with Crippen molar-refractivity contribution in [1.29, 1.82) is 0 Å². The van der Waals surface area contributed by atoms with Gasteiger partial charge in [-0.15, -0.1) is 0 Å². The number of urea groups is 1. The summed E-state index contributed by atoms with van der Waals surface area (Å²) in [5, 5.41) is 24.9. The maximum Gasteiger partial charge on any atom is 0.328 e. The normalized spacial score (nSPS) is 23.0. The van der Waals surface area contributed by atoms with Crippen molar-refractivity contribution in [3.8, 4) is 0 Å². The Morgan fingerprint density at radius 2 is 1.70 bits per heavy atom. The number of rotatable bonds is 10. The minimum atomic E-state index is -0.840. The lowest BCUT2D eigenvalue weighted by molar-refractivity contribution is -0.252. The Morgan fingerprint density at radius 3 is 2.35 bits per heavy atom. The van der Waals surface area contributed by atoms with Gasteiger partial charge in [0.25, 0.3) is 0 Å². The molecule has 2 heterocycles. The smallest absolute Gasteiger partial charge is 0.328 e. The standard InChI is InChI=1S/C33H39N3O7/c1-41-31(39)29(17-22-5-3-2-4-6-22)35-33(40)34-26-13-11-25(12-14-26)32-42-28(20-36-16-15-27(38)19-36)18-30(43-32)24-9-7-23(21-37)8-10-24/h2-14,27-30,32,37-38H,15-21H2,1H3,(H2,34,35,40)/t27-,28+,29-,30-,32-/m0/s1. The van der Waals surface area contributed by atoms with Crippen LogP contribution in [0.2, 0.25) is 0 Å². The van der Waals surface area contributed by atoms with Crippen molar-refractivity contribution in [3.05, 3.63) is 101 Å². The number of hydrogen-bond donors (Lipinski definition) is 4. The van der Waals surface area contributed by atoms with Gasteiger partial charge in [0.1, 0.15) is 6.04 Å². The average molecular weight is 590 g/mol. The Kier molecular flexibility index (Phi) is 10.4. The quantitative estimate of drug-likeness (QED) is 0.264. The van der Waals surface area contributed by atoms with Crippen molar-refractivity contribution in [2.75, 3.05) is 32.1 Å². The van der Waals surface area contributed by atoms with Crippen LogP contribution in [0.15, 0.2) is 78.9 Å². The summed E-state index contributed by atoms with van der Waals surface area (Å²) in [4.78, 5) is 27.3. The van der Waals surface area contributed by atoms with Gasteiger partial charge in [-0.3, -0.25) is 4.90 Å². The number of amides is 2. The van der Waals surface area contributed by atoms with Gasteiger partial charge in [0, 0.05) is 43.7 Å². The number of nitrogens with one attached hydrogen (secondary N) is 2. The first-order chi connectivity index (χ1) is 20.9. The first-order valence-corrected chi connectivity index (χ1v) is 14.6. The molecule has 0 aliphatic carbocycles. The molecule has 3 aromatic carbocycles. The second-order valence-electron chi connectivity index (χ2n) is 11.0. The monoisotopic (exact) mass is 589 g/mol. The predicted molar refractivity (Wildman–Crippen MR) is 160 cm³/mol. The second kappa shape index (κ2) is 14.6. The molecule has 0 aromatic heterocycles. The highest BCUT2D eigenvalue weighted by Crippen LogP contribution is 2.38. The highest BCUT2D eigenvalue weighted by Gasteiger charge is 2.34. The summed E-state index contributed by atoms with van der Waals surface area (Å²) in [6.07, 6.45) is 0.446. The third-order valence-electron chi connectivity index (χ3n) is 7.84. The maximum absolute atomic E-state index is 12.8. The molecule has 0 saturated carbocycles. The van der Waals surface area contributed by atoms with E-state index in [1.165, 1.54) is 7.11 Å². The van der Waals surface area contributed by atoms with E-state index in [-0.39, 0.29) is 24.9 Å². The van der Waals surface area contributed by atoms with E-state index < -0.39 is 24.3 Å². The van der Waals surface area contributed by atoms with E-state index >= 15 is 0 Å². The molecule has 228 valence electrons. The number of ether oxygens (including phenoxy) is 3. The van der Waals surface area contributed by atoms with E-state index in [9.17, 15) is 19.8 Å². The molecule has 4 N–H and O–H groups in total. The molecular formula is C33H39N3O7. The molecule has 0 spiro atoms. The zero-order valence-electron chi connectivity index (χ0n) is 24.2. The number of carbonyl (C=O) groups is 2. The summed E-state index contributed by atoms with van der Waals surface area (Å²) in [5.74, 6) is -0.528. The number of nitrogens with zero attached hydrogens (tertiary/aromatic N) is 1. The summed E-state index contributed by atoms with van der Waals surface area (Å²) in [5.41, 5.74) is 4.07. The van der Waals surface area contributed by atoms with Crippen molar-refractivity contribution in [3.63, 3.8) is 0 Å². The number of anilines is 1. The summed E-state index contributed by atoms with van der Waals surface area (Å²) < 4.78 is 17.7. The van der Waals surface area contributed by atoms with E-state index in [0.717, 1.165) is 35.2 Å². The number of aliphatic hydroxyl groups is 2. The molecule has 2 aliphatic heterocycles. The minimum Gasteiger partial charge on any atom is -0.467 e. The Bertz CT molecular complexity index is 1340. The van der Waals surface area contributed by atoms with Crippen LogP contribution in [0.4, 0.5) is 10.5 Å². The topological polar surface area (TPSA) is 130 Å². The number of esters is 1. The summed E-state index contributed by atoms with van der Waals surface area (Å²) in [6.45, 7) is 2.12. The first-order valence-electron chi connectivity index (χ1n) is 14.6. The zero-order valence-corrected chi connectivity index (χ0v) is 24.2. The molecule has 5 atom stereocenters. The molecule has 2 aliphatic rings. The maximum atomic E-state index is 12.8. The number of benzene rings is 3. The molecule has 3 aromatic rings. The van der Waals surface area contributed by atoms with Crippen LogP contribution in [0.1, 0.15) is 47.5 Å². The van der Waals surface area contributed by atoms with Crippen molar-refractivity contribution in [2.45, 2.75) is 56.5 Å². The van der Waals surface area contributed by atoms with Crippen LogP contribution in [0.25, 0.3) is 0 Å². The molecule has 0 unspecified atom stereocenters. The van der Waals surface area contributed by atoms with Gasteiger partial charge in [-0.25, -0.2) is 9.59 Å². The second-order valence-corrected chi connectivity index (χ2v) is 11.0. The molecule has 2 saturated heterocycles. The first kappa shape index (κ1) is 30.7. The van der Waals surface area contributed by atoms with Crippen LogP contribution in [0, 0.1) is 0 Å². The van der Waals surface area contributed by atoms with Gasteiger partial charge in [0.15, 0.2) is 6.29 Å². The lowest BCUT2D eigenvalue weighted by atomic mass is 9.99. The average Bonchev–Trinajstić information content (AvgIpc) is 3.45. The van der Waals surface area contributed by atoms with Crippen molar-refractivity contribution in [2.24, 2.45) is 0 Å². The largest absolute Gasteiger partial charge is 0.467 e. The van der Waals surface area contributed by atoms with Gasteiger partial charge >= 0.3 is 12.0 Å². The third kappa shape index (κ3) is 8.40. The third-order valence-corrected chi connectivity index (χ3v) is 7.84.